The van der Waals surface area contributed by atoms with Crippen LogP contribution in [0.1, 0.15) is 24.5 Å². The topological polar surface area (TPSA) is 71.1 Å². The normalized spacial score (nSPS) is 18.5. The van der Waals surface area contributed by atoms with Gasteiger partial charge in [-0.05, 0) is 31.0 Å². The minimum atomic E-state index is 0.0167. The number of rotatable bonds is 4. The lowest BCUT2D eigenvalue weighted by Gasteiger charge is -2.32. The van der Waals surface area contributed by atoms with E-state index < -0.39 is 0 Å². The number of hydrogen-bond acceptors (Lipinski definition) is 4. The molecule has 0 radical (unpaired) electrons. The van der Waals surface area contributed by atoms with Gasteiger partial charge in [-0.2, -0.15) is 5.10 Å². The molecule has 0 spiro atoms. The Bertz CT molecular complexity index is 571. The highest BCUT2D eigenvalue weighted by atomic mass is 16.5. The number of amides is 1. The molecule has 6 heteroatoms. The molecular formula is C15H18N4O2. The van der Waals surface area contributed by atoms with Gasteiger partial charge in [-0.3, -0.25) is 14.9 Å². The van der Waals surface area contributed by atoms with Crippen molar-refractivity contribution in [1.29, 1.82) is 0 Å². The zero-order valence-electron chi connectivity index (χ0n) is 11.7. The van der Waals surface area contributed by atoms with Crippen LogP contribution in [-0.4, -0.2) is 45.7 Å². The van der Waals surface area contributed by atoms with E-state index in [-0.39, 0.29) is 12.5 Å². The van der Waals surface area contributed by atoms with Crippen molar-refractivity contribution in [1.82, 2.24) is 20.1 Å². The van der Waals surface area contributed by atoms with Crippen LogP contribution in [0, 0.1) is 0 Å². The number of piperidine rings is 1. The molecule has 1 amide bonds. The molecule has 110 valence electrons. The number of likely N-dealkylation sites (tertiary alicyclic amines) is 1. The van der Waals surface area contributed by atoms with E-state index in [1.807, 2.05) is 11.0 Å². The van der Waals surface area contributed by atoms with E-state index in [0.717, 1.165) is 31.6 Å². The average Bonchev–Trinajstić information content (AvgIpc) is 3.08. The SMILES string of the molecule is O=C(COc1cccnc1)N1CCC[C@H](c2ccn[nH]2)C1. The van der Waals surface area contributed by atoms with Gasteiger partial charge in [0.15, 0.2) is 6.61 Å². The highest BCUT2D eigenvalue weighted by Gasteiger charge is 2.25. The predicted octanol–water partition coefficient (Wildman–Crippen LogP) is 1.59. The number of carbonyl (C=O) groups excluding carboxylic acids is 1. The number of aromatic nitrogens is 3. The standard InChI is InChI=1S/C15H18N4O2/c20-15(11-21-13-4-1-6-16-9-13)19-8-2-3-12(10-19)14-5-7-17-18-14/h1,4-7,9,12H,2-3,8,10-11H2,(H,17,18)/t12-/m0/s1. The molecule has 6 nitrogen and oxygen atoms in total. The summed E-state index contributed by atoms with van der Waals surface area (Å²) < 4.78 is 5.47. The largest absolute Gasteiger partial charge is 0.482 e. The van der Waals surface area contributed by atoms with E-state index >= 15 is 0 Å². The smallest absolute Gasteiger partial charge is 0.260 e. The first-order valence-electron chi connectivity index (χ1n) is 7.13. The summed E-state index contributed by atoms with van der Waals surface area (Å²) in [6, 6.07) is 5.56. The van der Waals surface area contributed by atoms with Gasteiger partial charge in [-0.15, -0.1) is 0 Å². The summed E-state index contributed by atoms with van der Waals surface area (Å²) in [5.41, 5.74) is 1.10. The van der Waals surface area contributed by atoms with E-state index in [1.165, 1.54) is 0 Å². The monoisotopic (exact) mass is 286 g/mol. The lowest BCUT2D eigenvalue weighted by Crippen LogP contribution is -2.41. The number of nitrogens with zero attached hydrogens (tertiary/aromatic N) is 3. The molecule has 21 heavy (non-hydrogen) atoms. The molecule has 2 aromatic rings. The maximum absolute atomic E-state index is 12.2. The second-order valence-electron chi connectivity index (χ2n) is 5.17. The Labute approximate surface area is 123 Å². The van der Waals surface area contributed by atoms with Crippen LogP contribution in [0.5, 0.6) is 5.75 Å². The van der Waals surface area contributed by atoms with Crippen LogP contribution in [0.25, 0.3) is 0 Å². The van der Waals surface area contributed by atoms with Crippen molar-refractivity contribution in [3.63, 3.8) is 0 Å². The van der Waals surface area contributed by atoms with Crippen LogP contribution < -0.4 is 4.74 Å². The molecular weight excluding hydrogens is 268 g/mol. The van der Waals surface area contributed by atoms with E-state index in [9.17, 15) is 4.79 Å². The molecule has 0 unspecified atom stereocenters. The molecule has 1 saturated heterocycles. The first kappa shape index (κ1) is 13.6. The summed E-state index contributed by atoms with van der Waals surface area (Å²) in [5.74, 6) is 0.972. The highest BCUT2D eigenvalue weighted by Crippen LogP contribution is 2.25. The molecule has 0 aliphatic carbocycles. The molecule has 1 aliphatic rings. The van der Waals surface area contributed by atoms with Gasteiger partial charge >= 0.3 is 0 Å². The van der Waals surface area contributed by atoms with Crippen molar-refractivity contribution in [3.05, 3.63) is 42.5 Å². The molecule has 1 fully saturated rings. The summed E-state index contributed by atoms with van der Waals surface area (Å²) >= 11 is 0. The minimum absolute atomic E-state index is 0.0167. The maximum atomic E-state index is 12.2. The van der Waals surface area contributed by atoms with Crippen molar-refractivity contribution >= 4 is 5.91 Å². The molecule has 1 N–H and O–H groups in total. The van der Waals surface area contributed by atoms with Crippen LogP contribution >= 0.6 is 0 Å². The van der Waals surface area contributed by atoms with Crippen LogP contribution in [0.4, 0.5) is 0 Å². The Balaban J connectivity index is 1.55. The van der Waals surface area contributed by atoms with E-state index in [0.29, 0.717) is 11.7 Å². The fourth-order valence-electron chi connectivity index (χ4n) is 2.62. The minimum Gasteiger partial charge on any atom is -0.482 e. The summed E-state index contributed by atoms with van der Waals surface area (Å²) in [6.07, 6.45) is 7.12. The van der Waals surface area contributed by atoms with Gasteiger partial charge in [0.05, 0.1) is 6.20 Å². The fraction of sp³-hybridized carbons (Fsp3) is 0.400. The van der Waals surface area contributed by atoms with Crippen molar-refractivity contribution in [2.45, 2.75) is 18.8 Å². The van der Waals surface area contributed by atoms with Crippen LogP contribution in [-0.2, 0) is 4.79 Å². The second-order valence-corrected chi connectivity index (χ2v) is 5.17. The molecule has 0 saturated carbocycles. The second kappa shape index (κ2) is 6.39. The Kier molecular flexibility index (Phi) is 4.14. The maximum Gasteiger partial charge on any atom is 0.260 e. The molecule has 0 bridgehead atoms. The van der Waals surface area contributed by atoms with Crippen molar-refractivity contribution < 1.29 is 9.53 Å². The lowest BCUT2D eigenvalue weighted by atomic mass is 9.95. The number of nitrogens with one attached hydrogen (secondary N) is 1. The molecule has 2 aromatic heterocycles. The number of aromatic amines is 1. The van der Waals surface area contributed by atoms with Gasteiger partial charge in [0.2, 0.25) is 0 Å². The van der Waals surface area contributed by atoms with Crippen molar-refractivity contribution in [2.24, 2.45) is 0 Å². The Morgan fingerprint density at radius 2 is 2.38 bits per heavy atom. The van der Waals surface area contributed by atoms with Gasteiger partial charge in [0.1, 0.15) is 5.75 Å². The Morgan fingerprint density at radius 1 is 1.43 bits per heavy atom. The Morgan fingerprint density at radius 3 is 3.14 bits per heavy atom. The fourth-order valence-corrected chi connectivity index (χ4v) is 2.62. The third-order valence-corrected chi connectivity index (χ3v) is 3.73. The molecule has 3 rings (SSSR count). The number of pyridine rings is 1. The van der Waals surface area contributed by atoms with Crippen LogP contribution in [0.2, 0.25) is 0 Å². The summed E-state index contributed by atoms with van der Waals surface area (Å²) in [5, 5.41) is 6.98. The van der Waals surface area contributed by atoms with E-state index in [1.54, 1.807) is 30.7 Å². The third kappa shape index (κ3) is 3.39. The number of carbonyl (C=O) groups is 1. The summed E-state index contributed by atoms with van der Waals surface area (Å²) in [6.45, 7) is 1.57. The van der Waals surface area contributed by atoms with Gasteiger partial charge in [0, 0.05) is 37.1 Å². The van der Waals surface area contributed by atoms with E-state index in [2.05, 4.69) is 15.2 Å². The van der Waals surface area contributed by atoms with Gasteiger partial charge in [-0.25, -0.2) is 0 Å². The highest BCUT2D eigenvalue weighted by molar-refractivity contribution is 5.78. The summed E-state index contributed by atoms with van der Waals surface area (Å²) in [4.78, 5) is 18.1. The van der Waals surface area contributed by atoms with Gasteiger partial charge < -0.3 is 9.64 Å². The number of H-pyrrole nitrogens is 1. The first-order valence-corrected chi connectivity index (χ1v) is 7.13. The molecule has 1 atom stereocenters. The van der Waals surface area contributed by atoms with Crippen molar-refractivity contribution in [3.8, 4) is 5.75 Å². The molecule has 1 aliphatic heterocycles. The first-order chi connectivity index (χ1) is 10.3. The quantitative estimate of drug-likeness (QED) is 0.926. The van der Waals surface area contributed by atoms with E-state index in [4.69, 9.17) is 4.74 Å². The van der Waals surface area contributed by atoms with Crippen LogP contribution in [0.3, 0.4) is 0 Å². The zero-order valence-corrected chi connectivity index (χ0v) is 11.7. The van der Waals surface area contributed by atoms with Gasteiger partial charge in [-0.1, -0.05) is 0 Å². The van der Waals surface area contributed by atoms with Crippen molar-refractivity contribution in [2.75, 3.05) is 19.7 Å². The third-order valence-electron chi connectivity index (χ3n) is 3.73. The van der Waals surface area contributed by atoms with Gasteiger partial charge in [0.25, 0.3) is 5.91 Å². The molecule has 3 heterocycles. The molecule has 0 aromatic carbocycles. The zero-order chi connectivity index (χ0) is 14.5. The number of hydrogen-bond donors (Lipinski definition) is 1. The number of ether oxygens (including phenoxy) is 1. The lowest BCUT2D eigenvalue weighted by molar-refractivity contribution is -0.134. The summed E-state index contributed by atoms with van der Waals surface area (Å²) in [7, 11) is 0. The average molecular weight is 286 g/mol. The predicted molar refractivity (Wildman–Crippen MR) is 76.9 cm³/mol. The Hall–Kier alpha value is -2.37. The van der Waals surface area contributed by atoms with Crippen LogP contribution in [0.15, 0.2) is 36.8 Å².